The van der Waals surface area contributed by atoms with Crippen LogP contribution in [0.25, 0.3) is 0 Å². The third-order valence-corrected chi connectivity index (χ3v) is 9.04. The van der Waals surface area contributed by atoms with Gasteiger partial charge < -0.3 is 15.1 Å². The predicted molar refractivity (Wildman–Crippen MR) is 107 cm³/mol. The molecule has 2 aliphatic heterocycles. The number of urea groups is 1. The molecular weight excluding hydrogens is 350 g/mol. The van der Waals surface area contributed by atoms with Crippen LogP contribution in [-0.4, -0.2) is 53.0 Å². The van der Waals surface area contributed by atoms with E-state index < -0.39 is 0 Å². The van der Waals surface area contributed by atoms with Crippen molar-refractivity contribution in [2.24, 2.45) is 23.2 Å². The molecule has 0 aromatic heterocycles. The maximum absolute atomic E-state index is 13.3. The molecule has 2 saturated heterocycles. The van der Waals surface area contributed by atoms with Gasteiger partial charge in [-0.25, -0.2) is 4.79 Å². The number of hydrogen-bond donors (Lipinski definition) is 1. The Morgan fingerprint density at radius 1 is 0.964 bits per heavy atom. The van der Waals surface area contributed by atoms with Crippen LogP contribution in [0.4, 0.5) is 4.79 Å². The van der Waals surface area contributed by atoms with Gasteiger partial charge >= 0.3 is 6.03 Å². The topological polar surface area (TPSA) is 52.7 Å². The monoisotopic (exact) mass is 385 g/mol. The summed E-state index contributed by atoms with van der Waals surface area (Å²) in [5.41, 5.74) is 0.243. The predicted octanol–water partition coefficient (Wildman–Crippen LogP) is 3.53. The van der Waals surface area contributed by atoms with Gasteiger partial charge in [-0.15, -0.1) is 0 Å². The minimum absolute atomic E-state index is 0.0963. The average molecular weight is 386 g/mol. The lowest BCUT2D eigenvalue weighted by Gasteiger charge is -2.57. The van der Waals surface area contributed by atoms with E-state index in [4.69, 9.17) is 0 Å². The zero-order valence-corrected chi connectivity index (χ0v) is 17.1. The van der Waals surface area contributed by atoms with Crippen LogP contribution in [-0.2, 0) is 4.79 Å². The second-order valence-corrected chi connectivity index (χ2v) is 11.4. The van der Waals surface area contributed by atoms with Crippen LogP contribution >= 0.6 is 0 Å². The Labute approximate surface area is 168 Å². The van der Waals surface area contributed by atoms with Gasteiger partial charge in [0.25, 0.3) is 0 Å². The van der Waals surface area contributed by atoms with Crippen molar-refractivity contribution < 1.29 is 9.59 Å². The first-order valence-electron chi connectivity index (χ1n) is 11.9. The van der Waals surface area contributed by atoms with Crippen LogP contribution in [0.5, 0.6) is 0 Å². The zero-order chi connectivity index (χ0) is 18.9. The number of carbonyl (C=O) groups is 2. The fraction of sp³-hybridized carbons (Fsp3) is 0.913. The van der Waals surface area contributed by atoms with Crippen molar-refractivity contribution in [2.75, 3.05) is 19.6 Å². The summed E-state index contributed by atoms with van der Waals surface area (Å²) in [6.07, 6.45) is 14.1. The lowest BCUT2D eigenvalue weighted by Crippen LogP contribution is -2.63. The molecule has 0 aromatic rings. The van der Waals surface area contributed by atoms with Gasteiger partial charge in [-0.05, 0) is 88.4 Å². The summed E-state index contributed by atoms with van der Waals surface area (Å²) < 4.78 is 0. The van der Waals surface area contributed by atoms with Crippen LogP contribution in [0.2, 0.25) is 0 Å². The van der Waals surface area contributed by atoms with Gasteiger partial charge in [-0.1, -0.05) is 0 Å². The van der Waals surface area contributed by atoms with Crippen LogP contribution in [0.1, 0.15) is 77.0 Å². The first kappa shape index (κ1) is 17.6. The first-order chi connectivity index (χ1) is 13.5. The molecule has 1 spiro atoms. The number of amides is 3. The lowest BCUT2D eigenvalue weighted by atomic mass is 9.53. The molecule has 7 fully saturated rings. The van der Waals surface area contributed by atoms with Crippen molar-refractivity contribution in [3.63, 3.8) is 0 Å². The van der Waals surface area contributed by atoms with E-state index in [9.17, 15) is 9.59 Å². The number of likely N-dealkylation sites (tertiary alicyclic amines) is 2. The maximum Gasteiger partial charge on any atom is 0.317 e. The fourth-order valence-corrected chi connectivity index (χ4v) is 8.05. The lowest BCUT2D eigenvalue weighted by molar-refractivity contribution is -0.139. The Kier molecular flexibility index (Phi) is 3.84. The summed E-state index contributed by atoms with van der Waals surface area (Å²) in [5, 5.41) is 3.58. The molecule has 154 valence electrons. The van der Waals surface area contributed by atoms with E-state index in [0.717, 1.165) is 50.2 Å². The van der Waals surface area contributed by atoms with Gasteiger partial charge in [0, 0.05) is 43.1 Å². The molecule has 3 amide bonds. The van der Waals surface area contributed by atoms with Crippen molar-refractivity contribution in [1.29, 1.82) is 0 Å². The Morgan fingerprint density at radius 2 is 1.64 bits per heavy atom. The van der Waals surface area contributed by atoms with Crippen molar-refractivity contribution in [3.8, 4) is 0 Å². The van der Waals surface area contributed by atoms with Gasteiger partial charge in [-0.2, -0.15) is 0 Å². The summed E-state index contributed by atoms with van der Waals surface area (Å²) in [6.45, 7) is 2.62. The van der Waals surface area contributed by atoms with Gasteiger partial charge in [0.15, 0.2) is 0 Å². The first-order valence-corrected chi connectivity index (χ1v) is 11.9. The van der Waals surface area contributed by atoms with Crippen LogP contribution in [0.3, 0.4) is 0 Å². The molecule has 1 N–H and O–H groups in total. The number of nitrogens with one attached hydrogen (secondary N) is 1. The number of piperidine rings is 2. The summed E-state index contributed by atoms with van der Waals surface area (Å²) >= 11 is 0. The summed E-state index contributed by atoms with van der Waals surface area (Å²) in [7, 11) is 0. The van der Waals surface area contributed by atoms with Gasteiger partial charge in [0.1, 0.15) is 0 Å². The second kappa shape index (κ2) is 6.12. The second-order valence-electron chi connectivity index (χ2n) is 11.4. The van der Waals surface area contributed by atoms with E-state index in [-0.39, 0.29) is 17.0 Å². The number of rotatable bonds is 2. The number of carbonyl (C=O) groups excluding carboxylic acids is 2. The van der Waals surface area contributed by atoms with Crippen molar-refractivity contribution in [2.45, 2.75) is 88.6 Å². The van der Waals surface area contributed by atoms with E-state index in [1.54, 1.807) is 0 Å². The van der Waals surface area contributed by atoms with E-state index in [2.05, 4.69) is 15.1 Å². The SMILES string of the molecule is O=C(NC12CC3CC(CC(C3)C1)C2)N1CCC[C@@]2(CCC(=O)N(C3CC3)C2)C1. The average Bonchev–Trinajstić information content (AvgIpc) is 3.48. The van der Waals surface area contributed by atoms with Crippen molar-refractivity contribution >= 4 is 11.9 Å². The summed E-state index contributed by atoms with van der Waals surface area (Å²) in [6, 6.07) is 0.691. The molecule has 5 saturated carbocycles. The van der Waals surface area contributed by atoms with E-state index >= 15 is 0 Å². The Morgan fingerprint density at radius 3 is 2.29 bits per heavy atom. The van der Waals surface area contributed by atoms with Crippen LogP contribution in [0.15, 0.2) is 0 Å². The van der Waals surface area contributed by atoms with Gasteiger partial charge in [-0.3, -0.25) is 4.79 Å². The maximum atomic E-state index is 13.3. The molecule has 5 aliphatic carbocycles. The minimum atomic E-state index is 0.0963. The molecule has 7 aliphatic rings. The van der Waals surface area contributed by atoms with Crippen molar-refractivity contribution in [1.82, 2.24) is 15.1 Å². The smallest absolute Gasteiger partial charge is 0.317 e. The molecule has 0 unspecified atom stereocenters. The largest absolute Gasteiger partial charge is 0.339 e. The highest BCUT2D eigenvalue weighted by Crippen LogP contribution is 2.55. The molecule has 2 heterocycles. The van der Waals surface area contributed by atoms with E-state index in [1.165, 1.54) is 57.8 Å². The molecule has 4 bridgehead atoms. The summed E-state index contributed by atoms with van der Waals surface area (Å²) in [5.74, 6) is 2.92. The van der Waals surface area contributed by atoms with Crippen molar-refractivity contribution in [3.05, 3.63) is 0 Å². The molecule has 0 radical (unpaired) electrons. The third kappa shape index (κ3) is 2.95. The molecule has 5 nitrogen and oxygen atoms in total. The van der Waals surface area contributed by atoms with Crippen LogP contribution < -0.4 is 5.32 Å². The summed E-state index contributed by atoms with van der Waals surface area (Å²) in [4.78, 5) is 30.0. The molecule has 0 aromatic carbocycles. The Balaban J connectivity index is 1.14. The van der Waals surface area contributed by atoms with E-state index in [0.29, 0.717) is 18.4 Å². The molecule has 5 heteroatoms. The Hall–Kier alpha value is -1.26. The fourth-order valence-electron chi connectivity index (χ4n) is 8.05. The molecule has 7 rings (SSSR count). The molecule has 28 heavy (non-hydrogen) atoms. The highest BCUT2D eigenvalue weighted by molar-refractivity contribution is 5.78. The Bertz CT molecular complexity index is 652. The minimum Gasteiger partial charge on any atom is -0.339 e. The normalized spacial score (nSPS) is 45.0. The van der Waals surface area contributed by atoms with E-state index in [1.807, 2.05) is 0 Å². The van der Waals surface area contributed by atoms with Crippen LogP contribution in [0, 0.1) is 23.2 Å². The molecular formula is C23H35N3O2. The number of hydrogen-bond acceptors (Lipinski definition) is 2. The van der Waals surface area contributed by atoms with Gasteiger partial charge in [0.2, 0.25) is 5.91 Å². The highest BCUT2D eigenvalue weighted by Gasteiger charge is 2.52. The quantitative estimate of drug-likeness (QED) is 0.791. The third-order valence-electron chi connectivity index (χ3n) is 9.04. The zero-order valence-electron chi connectivity index (χ0n) is 17.1. The highest BCUT2D eigenvalue weighted by atomic mass is 16.2. The van der Waals surface area contributed by atoms with Gasteiger partial charge in [0.05, 0.1) is 0 Å². The standard InChI is InChI=1S/C23H35N3O2/c27-20-4-6-22(15-26(20)19-2-3-19)5-1-7-25(14-22)21(28)24-23-11-16-8-17(12-23)10-18(9-16)13-23/h16-19H,1-15H2,(H,24,28)/t16?,17?,18?,22-,23?/m1/s1. The molecule has 1 atom stereocenters. The number of nitrogens with zero attached hydrogens (tertiary/aromatic N) is 2.